The standard InChI is InChI=1S/C26H24N2O6/c29-17-11-9-16(10-12-17)14-27-25(32)23(13-24(30)31)28-26(33)34-15-22-20-7-3-1-5-18(20)19-6-2-4-8-21(19)22/h1-12,22-23,29H,13-15H2,(H,27,32)(H,28,33)(H,30,31). The van der Waals surface area contributed by atoms with E-state index in [0.717, 1.165) is 22.3 Å². The molecule has 0 spiro atoms. The van der Waals surface area contributed by atoms with Crippen LogP contribution in [0.1, 0.15) is 29.0 Å². The highest BCUT2D eigenvalue weighted by Crippen LogP contribution is 2.44. The Kier molecular flexibility index (Phi) is 6.77. The number of carbonyl (C=O) groups excluding carboxylic acids is 2. The first kappa shape index (κ1) is 22.8. The summed E-state index contributed by atoms with van der Waals surface area (Å²) in [5.41, 5.74) is 4.98. The van der Waals surface area contributed by atoms with Crippen LogP contribution in [0.25, 0.3) is 11.1 Å². The fourth-order valence-corrected chi connectivity index (χ4v) is 4.09. The van der Waals surface area contributed by atoms with Gasteiger partial charge in [0.25, 0.3) is 0 Å². The molecular formula is C26H24N2O6. The van der Waals surface area contributed by atoms with Gasteiger partial charge in [-0.3, -0.25) is 9.59 Å². The number of aliphatic carboxylic acids is 1. The molecule has 8 nitrogen and oxygen atoms in total. The first-order valence-electron chi connectivity index (χ1n) is 10.8. The highest BCUT2D eigenvalue weighted by Gasteiger charge is 2.30. The summed E-state index contributed by atoms with van der Waals surface area (Å²) in [5.74, 6) is -1.94. The van der Waals surface area contributed by atoms with Gasteiger partial charge in [0, 0.05) is 12.5 Å². The van der Waals surface area contributed by atoms with Crippen molar-refractivity contribution in [3.63, 3.8) is 0 Å². The molecule has 4 N–H and O–H groups in total. The first-order chi connectivity index (χ1) is 16.4. The Morgan fingerprint density at radius 1 is 0.882 bits per heavy atom. The lowest BCUT2D eigenvalue weighted by Crippen LogP contribution is -2.48. The number of amides is 2. The Bertz CT molecular complexity index is 1160. The number of carboxylic acid groups (broad SMARTS) is 1. The third-order valence-corrected chi connectivity index (χ3v) is 5.73. The molecule has 3 aromatic rings. The summed E-state index contributed by atoms with van der Waals surface area (Å²) < 4.78 is 5.43. The van der Waals surface area contributed by atoms with Crippen molar-refractivity contribution in [1.29, 1.82) is 0 Å². The smallest absolute Gasteiger partial charge is 0.407 e. The van der Waals surface area contributed by atoms with Crippen LogP contribution in [0.15, 0.2) is 72.8 Å². The molecule has 34 heavy (non-hydrogen) atoms. The van der Waals surface area contributed by atoms with Gasteiger partial charge in [0.2, 0.25) is 5.91 Å². The average molecular weight is 460 g/mol. The quantitative estimate of drug-likeness (QED) is 0.408. The number of nitrogens with one attached hydrogen (secondary N) is 2. The lowest BCUT2D eigenvalue weighted by molar-refractivity contribution is -0.139. The second kappa shape index (κ2) is 10.1. The minimum atomic E-state index is -1.30. The number of carboxylic acids is 1. The zero-order valence-electron chi connectivity index (χ0n) is 18.2. The van der Waals surface area contributed by atoms with E-state index >= 15 is 0 Å². The van der Waals surface area contributed by atoms with Crippen molar-refractivity contribution in [3.8, 4) is 16.9 Å². The summed E-state index contributed by atoms with van der Waals surface area (Å²) in [6.45, 7) is 0.163. The van der Waals surface area contributed by atoms with E-state index in [4.69, 9.17) is 4.74 Å². The third-order valence-electron chi connectivity index (χ3n) is 5.73. The second-order valence-electron chi connectivity index (χ2n) is 8.00. The van der Waals surface area contributed by atoms with Gasteiger partial charge < -0.3 is 25.6 Å². The highest BCUT2D eigenvalue weighted by atomic mass is 16.5. The molecule has 0 saturated heterocycles. The van der Waals surface area contributed by atoms with Crippen molar-refractivity contribution in [2.24, 2.45) is 0 Å². The molecule has 0 fully saturated rings. The maximum Gasteiger partial charge on any atom is 0.407 e. The Morgan fingerprint density at radius 2 is 1.47 bits per heavy atom. The zero-order valence-corrected chi connectivity index (χ0v) is 18.2. The molecule has 174 valence electrons. The van der Waals surface area contributed by atoms with Crippen LogP contribution < -0.4 is 10.6 Å². The first-order valence-corrected chi connectivity index (χ1v) is 10.8. The van der Waals surface area contributed by atoms with Crippen molar-refractivity contribution < 1.29 is 29.3 Å². The van der Waals surface area contributed by atoms with Crippen LogP contribution in [0, 0.1) is 0 Å². The highest BCUT2D eigenvalue weighted by molar-refractivity contribution is 5.89. The summed E-state index contributed by atoms with van der Waals surface area (Å²) in [4.78, 5) is 36.3. The average Bonchev–Trinajstić information content (AvgIpc) is 3.15. The molecule has 1 unspecified atom stereocenters. The summed E-state index contributed by atoms with van der Waals surface area (Å²) in [6.07, 6.45) is -1.46. The van der Waals surface area contributed by atoms with Crippen LogP contribution in [-0.4, -0.2) is 40.8 Å². The summed E-state index contributed by atoms with van der Waals surface area (Å²) >= 11 is 0. The van der Waals surface area contributed by atoms with E-state index in [1.165, 1.54) is 12.1 Å². The Labute approximate surface area is 196 Å². The molecule has 0 saturated carbocycles. The van der Waals surface area contributed by atoms with Crippen LogP contribution in [0.5, 0.6) is 5.75 Å². The maximum atomic E-state index is 12.5. The molecule has 4 rings (SSSR count). The lowest BCUT2D eigenvalue weighted by atomic mass is 9.98. The predicted molar refractivity (Wildman–Crippen MR) is 124 cm³/mol. The van der Waals surface area contributed by atoms with E-state index in [2.05, 4.69) is 10.6 Å². The molecule has 8 heteroatoms. The third kappa shape index (κ3) is 5.17. The molecular weight excluding hydrogens is 436 g/mol. The van der Waals surface area contributed by atoms with E-state index in [9.17, 15) is 24.6 Å². The van der Waals surface area contributed by atoms with E-state index in [0.29, 0.717) is 5.56 Å². The van der Waals surface area contributed by atoms with E-state index in [1.807, 2.05) is 48.5 Å². The Balaban J connectivity index is 1.38. The second-order valence-corrected chi connectivity index (χ2v) is 8.00. The Hall–Kier alpha value is -4.33. The molecule has 0 heterocycles. The topological polar surface area (TPSA) is 125 Å². The van der Waals surface area contributed by atoms with Gasteiger partial charge in [0.15, 0.2) is 0 Å². The number of hydrogen-bond donors (Lipinski definition) is 4. The number of carbonyl (C=O) groups is 3. The molecule has 1 aliphatic rings. The van der Waals surface area contributed by atoms with Gasteiger partial charge >= 0.3 is 12.1 Å². The fourth-order valence-electron chi connectivity index (χ4n) is 4.09. The monoisotopic (exact) mass is 460 g/mol. The van der Waals surface area contributed by atoms with Crippen molar-refractivity contribution in [1.82, 2.24) is 10.6 Å². The van der Waals surface area contributed by atoms with Gasteiger partial charge in [-0.15, -0.1) is 0 Å². The molecule has 1 atom stereocenters. The normalized spacial score (nSPS) is 12.8. The summed E-state index contributed by atoms with van der Waals surface area (Å²) in [6, 6.07) is 20.7. The van der Waals surface area contributed by atoms with Crippen molar-refractivity contribution >= 4 is 18.0 Å². The molecule has 2 amide bonds. The molecule has 0 radical (unpaired) electrons. The maximum absolute atomic E-state index is 12.5. The lowest BCUT2D eigenvalue weighted by Gasteiger charge is -2.19. The van der Waals surface area contributed by atoms with Gasteiger partial charge in [-0.1, -0.05) is 60.7 Å². The summed E-state index contributed by atoms with van der Waals surface area (Å²) in [5, 5.41) is 23.5. The molecule has 0 bridgehead atoms. The van der Waals surface area contributed by atoms with E-state index < -0.39 is 30.4 Å². The zero-order chi connectivity index (χ0) is 24.1. The number of ether oxygens (including phenoxy) is 1. The number of aromatic hydroxyl groups is 1. The summed E-state index contributed by atoms with van der Waals surface area (Å²) in [7, 11) is 0. The largest absolute Gasteiger partial charge is 0.508 e. The predicted octanol–water partition coefficient (Wildman–Crippen LogP) is 3.39. The van der Waals surface area contributed by atoms with Crippen LogP contribution in [-0.2, 0) is 20.9 Å². The van der Waals surface area contributed by atoms with Crippen molar-refractivity contribution in [3.05, 3.63) is 89.5 Å². The fraction of sp³-hybridized carbons (Fsp3) is 0.192. The van der Waals surface area contributed by atoms with E-state index in [-0.39, 0.29) is 24.8 Å². The molecule has 0 aliphatic heterocycles. The number of fused-ring (bicyclic) bond motifs is 3. The SMILES string of the molecule is O=C(O)CC(NC(=O)OCC1c2ccccc2-c2ccccc21)C(=O)NCc1ccc(O)cc1. The number of phenolic OH excluding ortho intramolecular Hbond substituents is 1. The Morgan fingerprint density at radius 3 is 2.06 bits per heavy atom. The molecule has 0 aromatic heterocycles. The van der Waals surface area contributed by atoms with Gasteiger partial charge in [-0.25, -0.2) is 4.79 Å². The van der Waals surface area contributed by atoms with Gasteiger partial charge in [-0.05, 0) is 39.9 Å². The van der Waals surface area contributed by atoms with Gasteiger partial charge in [0.05, 0.1) is 6.42 Å². The molecule has 1 aliphatic carbocycles. The van der Waals surface area contributed by atoms with Gasteiger partial charge in [-0.2, -0.15) is 0 Å². The van der Waals surface area contributed by atoms with Crippen LogP contribution in [0.2, 0.25) is 0 Å². The van der Waals surface area contributed by atoms with Crippen LogP contribution >= 0.6 is 0 Å². The van der Waals surface area contributed by atoms with Crippen molar-refractivity contribution in [2.75, 3.05) is 6.61 Å². The number of rotatable bonds is 8. The number of benzene rings is 3. The van der Waals surface area contributed by atoms with Crippen molar-refractivity contribution in [2.45, 2.75) is 24.9 Å². The van der Waals surface area contributed by atoms with Crippen LogP contribution in [0.3, 0.4) is 0 Å². The van der Waals surface area contributed by atoms with Crippen LogP contribution in [0.4, 0.5) is 4.79 Å². The number of alkyl carbamates (subject to hydrolysis) is 1. The van der Waals surface area contributed by atoms with E-state index in [1.54, 1.807) is 12.1 Å². The minimum Gasteiger partial charge on any atom is -0.508 e. The van der Waals surface area contributed by atoms with Gasteiger partial charge in [0.1, 0.15) is 18.4 Å². The molecule has 3 aromatic carbocycles. The number of hydrogen-bond acceptors (Lipinski definition) is 5. The minimum absolute atomic E-state index is 0.0504. The number of phenols is 1.